The summed E-state index contributed by atoms with van der Waals surface area (Å²) in [7, 11) is 1.68. The van der Waals surface area contributed by atoms with Gasteiger partial charge in [-0.15, -0.1) is 0 Å². The van der Waals surface area contributed by atoms with Gasteiger partial charge in [0.15, 0.2) is 11.5 Å². The highest BCUT2D eigenvalue weighted by Crippen LogP contribution is 2.30. The Balaban J connectivity index is 1.26. The van der Waals surface area contributed by atoms with E-state index in [4.69, 9.17) is 9.47 Å². The van der Waals surface area contributed by atoms with Crippen molar-refractivity contribution < 1.29 is 14.6 Å². The molecule has 1 aromatic carbocycles. The number of methoxy groups -OCH3 is 1. The van der Waals surface area contributed by atoms with Gasteiger partial charge in [-0.1, -0.05) is 12.5 Å². The normalized spacial score (nSPS) is 23.2. The van der Waals surface area contributed by atoms with Crippen LogP contribution in [-0.2, 0) is 6.54 Å². The molecule has 1 aromatic rings. The first-order valence-corrected chi connectivity index (χ1v) is 12.4. The Morgan fingerprint density at radius 2 is 1.61 bits per heavy atom. The van der Waals surface area contributed by atoms with Crippen LogP contribution in [0.15, 0.2) is 18.2 Å². The van der Waals surface area contributed by atoms with E-state index in [1.807, 2.05) is 6.07 Å². The fourth-order valence-electron chi connectivity index (χ4n) is 5.42. The molecule has 3 heterocycles. The lowest BCUT2D eigenvalue weighted by molar-refractivity contribution is 0.0607. The van der Waals surface area contributed by atoms with Crippen LogP contribution < -0.4 is 9.47 Å². The van der Waals surface area contributed by atoms with E-state index in [1.165, 1.54) is 63.6 Å². The van der Waals surface area contributed by atoms with Gasteiger partial charge < -0.3 is 24.4 Å². The second-order valence-electron chi connectivity index (χ2n) is 9.56. The molecule has 6 heteroatoms. The molecule has 0 spiro atoms. The van der Waals surface area contributed by atoms with E-state index in [0.29, 0.717) is 13.2 Å². The molecule has 0 aliphatic carbocycles. The monoisotopic (exact) mass is 431 g/mol. The number of piperidine rings is 2. The molecule has 0 radical (unpaired) electrons. The maximum atomic E-state index is 10.5. The van der Waals surface area contributed by atoms with Crippen LogP contribution >= 0.6 is 0 Å². The van der Waals surface area contributed by atoms with Gasteiger partial charge in [0.25, 0.3) is 0 Å². The summed E-state index contributed by atoms with van der Waals surface area (Å²) in [5.74, 6) is 1.48. The van der Waals surface area contributed by atoms with E-state index in [0.717, 1.165) is 50.3 Å². The lowest BCUT2D eigenvalue weighted by Gasteiger charge is -2.36. The Labute approximate surface area is 188 Å². The molecule has 0 bridgehead atoms. The standard InChI is InChI=1S/C25H41N3O3/c1-30-24-8-7-21(18-27-15-9-22(10-16-27)28-13-5-6-14-28)17-25(24)31-20-23(29)19-26-11-3-2-4-12-26/h7-8,17,22-23,29H,2-6,9-16,18-20H2,1H3. The molecule has 31 heavy (non-hydrogen) atoms. The number of ether oxygens (including phenoxy) is 2. The van der Waals surface area contributed by atoms with E-state index in [-0.39, 0.29) is 0 Å². The summed E-state index contributed by atoms with van der Waals surface area (Å²) >= 11 is 0. The second kappa shape index (κ2) is 11.5. The van der Waals surface area contributed by atoms with Crippen LogP contribution in [0.3, 0.4) is 0 Å². The van der Waals surface area contributed by atoms with Gasteiger partial charge in [-0.05, 0) is 95.5 Å². The second-order valence-corrected chi connectivity index (χ2v) is 9.56. The van der Waals surface area contributed by atoms with Gasteiger partial charge in [0.2, 0.25) is 0 Å². The smallest absolute Gasteiger partial charge is 0.161 e. The molecule has 3 saturated heterocycles. The summed E-state index contributed by atoms with van der Waals surface area (Å²) in [5, 5.41) is 10.5. The Kier molecular flexibility index (Phi) is 8.48. The third-order valence-electron chi connectivity index (χ3n) is 7.20. The van der Waals surface area contributed by atoms with E-state index in [1.54, 1.807) is 7.11 Å². The van der Waals surface area contributed by atoms with Gasteiger partial charge in [-0.2, -0.15) is 0 Å². The number of β-amino-alcohol motifs (C(OH)–C–C–N with tert-alkyl or cyclic N) is 1. The molecular weight excluding hydrogens is 390 g/mol. The first-order valence-electron chi connectivity index (χ1n) is 12.4. The minimum Gasteiger partial charge on any atom is -0.493 e. The quantitative estimate of drug-likeness (QED) is 0.649. The van der Waals surface area contributed by atoms with E-state index < -0.39 is 6.10 Å². The molecular formula is C25H41N3O3. The molecule has 3 fully saturated rings. The molecule has 1 atom stereocenters. The Hall–Kier alpha value is -1.34. The molecule has 0 saturated carbocycles. The molecule has 1 unspecified atom stereocenters. The van der Waals surface area contributed by atoms with Crippen LogP contribution in [0.4, 0.5) is 0 Å². The van der Waals surface area contributed by atoms with Gasteiger partial charge >= 0.3 is 0 Å². The van der Waals surface area contributed by atoms with Crippen molar-refractivity contribution in [1.29, 1.82) is 0 Å². The van der Waals surface area contributed by atoms with E-state index >= 15 is 0 Å². The summed E-state index contributed by atoms with van der Waals surface area (Å²) in [4.78, 5) is 7.60. The third-order valence-corrected chi connectivity index (χ3v) is 7.20. The minimum atomic E-state index is -0.476. The largest absolute Gasteiger partial charge is 0.493 e. The van der Waals surface area contributed by atoms with E-state index in [9.17, 15) is 5.11 Å². The maximum absolute atomic E-state index is 10.5. The van der Waals surface area contributed by atoms with Gasteiger partial charge in [0.1, 0.15) is 12.7 Å². The molecule has 174 valence electrons. The summed E-state index contributed by atoms with van der Waals surface area (Å²) in [5.41, 5.74) is 1.25. The van der Waals surface area contributed by atoms with Crippen molar-refractivity contribution in [2.75, 3.05) is 59.5 Å². The van der Waals surface area contributed by atoms with Crippen molar-refractivity contribution >= 4 is 0 Å². The van der Waals surface area contributed by atoms with Crippen molar-refractivity contribution in [2.24, 2.45) is 0 Å². The lowest BCUT2D eigenvalue weighted by atomic mass is 10.0. The SMILES string of the molecule is COc1ccc(CN2CCC(N3CCCC3)CC2)cc1OCC(O)CN1CCCCC1. The highest BCUT2D eigenvalue weighted by Gasteiger charge is 2.26. The van der Waals surface area contributed by atoms with Gasteiger partial charge in [0.05, 0.1) is 7.11 Å². The number of likely N-dealkylation sites (tertiary alicyclic amines) is 3. The molecule has 1 N–H and O–H groups in total. The van der Waals surface area contributed by atoms with Gasteiger partial charge in [-0.3, -0.25) is 4.90 Å². The fourth-order valence-corrected chi connectivity index (χ4v) is 5.42. The third kappa shape index (κ3) is 6.58. The zero-order valence-corrected chi connectivity index (χ0v) is 19.3. The van der Waals surface area contributed by atoms with Crippen LogP contribution in [0.5, 0.6) is 11.5 Å². The zero-order valence-electron chi connectivity index (χ0n) is 19.3. The average Bonchev–Trinajstić information content (AvgIpc) is 3.34. The molecule has 3 aliphatic heterocycles. The number of hydrogen-bond acceptors (Lipinski definition) is 6. The molecule has 3 aliphatic rings. The number of aliphatic hydroxyl groups excluding tert-OH is 1. The van der Waals surface area contributed by atoms with Crippen LogP contribution in [0.1, 0.15) is 50.5 Å². The summed E-state index contributed by atoms with van der Waals surface area (Å²) in [6, 6.07) is 7.02. The van der Waals surface area contributed by atoms with E-state index in [2.05, 4.69) is 26.8 Å². The Morgan fingerprint density at radius 1 is 0.903 bits per heavy atom. The Bertz CT molecular complexity index is 666. The number of aliphatic hydroxyl groups is 1. The number of rotatable bonds is 9. The highest BCUT2D eigenvalue weighted by molar-refractivity contribution is 5.43. The minimum absolute atomic E-state index is 0.303. The average molecular weight is 432 g/mol. The summed E-state index contributed by atoms with van der Waals surface area (Å²) < 4.78 is 11.5. The predicted molar refractivity (Wildman–Crippen MR) is 124 cm³/mol. The maximum Gasteiger partial charge on any atom is 0.161 e. The van der Waals surface area contributed by atoms with Crippen molar-refractivity contribution in [3.63, 3.8) is 0 Å². The topological polar surface area (TPSA) is 48.4 Å². The number of benzene rings is 1. The highest BCUT2D eigenvalue weighted by atomic mass is 16.5. The van der Waals surface area contributed by atoms with Crippen LogP contribution in [0.25, 0.3) is 0 Å². The number of hydrogen-bond donors (Lipinski definition) is 1. The molecule has 0 aromatic heterocycles. The lowest BCUT2D eigenvalue weighted by Crippen LogP contribution is -2.43. The van der Waals surface area contributed by atoms with Crippen molar-refractivity contribution in [3.8, 4) is 11.5 Å². The molecule has 6 nitrogen and oxygen atoms in total. The molecule has 4 rings (SSSR count). The van der Waals surface area contributed by atoms with Gasteiger partial charge in [0, 0.05) is 19.1 Å². The van der Waals surface area contributed by atoms with Crippen LogP contribution in [0.2, 0.25) is 0 Å². The summed E-state index contributed by atoms with van der Waals surface area (Å²) in [6.45, 7) is 9.04. The predicted octanol–water partition coefficient (Wildman–Crippen LogP) is 2.98. The first kappa shape index (κ1) is 22.8. The van der Waals surface area contributed by atoms with Crippen molar-refractivity contribution in [1.82, 2.24) is 14.7 Å². The summed E-state index contributed by atoms with van der Waals surface area (Å²) in [6.07, 6.45) is 8.62. The van der Waals surface area contributed by atoms with Crippen molar-refractivity contribution in [2.45, 2.75) is 63.6 Å². The fraction of sp³-hybridized carbons (Fsp3) is 0.760. The van der Waals surface area contributed by atoms with Crippen LogP contribution in [-0.4, -0.2) is 91.5 Å². The Morgan fingerprint density at radius 3 is 2.32 bits per heavy atom. The number of nitrogens with zero attached hydrogens (tertiary/aromatic N) is 3. The van der Waals surface area contributed by atoms with Gasteiger partial charge in [-0.25, -0.2) is 0 Å². The first-order chi connectivity index (χ1) is 15.2. The zero-order chi connectivity index (χ0) is 21.5. The molecule has 0 amide bonds. The van der Waals surface area contributed by atoms with Crippen molar-refractivity contribution in [3.05, 3.63) is 23.8 Å². The van der Waals surface area contributed by atoms with Crippen LogP contribution in [0, 0.1) is 0 Å².